The average molecular weight is 308 g/mol. The van der Waals surface area contributed by atoms with Crippen molar-refractivity contribution in [3.8, 4) is 0 Å². The molecule has 2 aromatic carbocycles. The largest absolute Gasteiger partial charge is 0.375 e. The van der Waals surface area contributed by atoms with E-state index in [9.17, 15) is 4.79 Å². The second-order valence-corrected chi connectivity index (χ2v) is 6.25. The number of rotatable bonds is 5. The van der Waals surface area contributed by atoms with Crippen molar-refractivity contribution in [2.45, 2.75) is 32.1 Å². The third kappa shape index (κ3) is 3.55. The lowest BCUT2D eigenvalue weighted by atomic mass is 9.97. The highest BCUT2D eigenvalue weighted by atomic mass is 16.1. The number of carbonyl (C=O) groups excluding carboxylic acids is 1. The first-order valence-corrected chi connectivity index (χ1v) is 8.36. The van der Waals surface area contributed by atoms with Crippen LogP contribution in [0.5, 0.6) is 0 Å². The van der Waals surface area contributed by atoms with Crippen LogP contribution >= 0.6 is 0 Å². The van der Waals surface area contributed by atoms with Gasteiger partial charge in [0.15, 0.2) is 0 Å². The summed E-state index contributed by atoms with van der Waals surface area (Å²) in [4.78, 5) is 14.6. The molecule has 3 heteroatoms. The van der Waals surface area contributed by atoms with E-state index in [1.807, 2.05) is 18.2 Å². The lowest BCUT2D eigenvalue weighted by molar-refractivity contribution is -0.116. The molecule has 1 unspecified atom stereocenters. The van der Waals surface area contributed by atoms with Crippen molar-refractivity contribution in [3.63, 3.8) is 0 Å². The Kier molecular flexibility index (Phi) is 4.65. The lowest BCUT2D eigenvalue weighted by Gasteiger charge is -2.18. The van der Waals surface area contributed by atoms with E-state index >= 15 is 0 Å². The number of hydrogen-bond acceptors (Lipinski definition) is 2. The monoisotopic (exact) mass is 308 g/mol. The van der Waals surface area contributed by atoms with Crippen LogP contribution in [0.4, 0.5) is 11.4 Å². The molecular formula is C20H24N2O. The molecule has 1 aliphatic rings. The summed E-state index contributed by atoms with van der Waals surface area (Å²) >= 11 is 0. The molecule has 0 aromatic heterocycles. The van der Waals surface area contributed by atoms with Crippen LogP contribution in [0.2, 0.25) is 0 Å². The Morgan fingerprint density at radius 1 is 1.22 bits per heavy atom. The van der Waals surface area contributed by atoms with Gasteiger partial charge in [0.1, 0.15) is 0 Å². The third-order valence-corrected chi connectivity index (χ3v) is 4.73. The van der Waals surface area contributed by atoms with Crippen LogP contribution in [-0.2, 0) is 11.2 Å². The summed E-state index contributed by atoms with van der Waals surface area (Å²) in [5, 5.41) is 3.05. The maximum absolute atomic E-state index is 12.4. The summed E-state index contributed by atoms with van der Waals surface area (Å²) in [5.41, 5.74) is 4.74. The van der Waals surface area contributed by atoms with Crippen molar-refractivity contribution in [1.29, 1.82) is 0 Å². The number of nitrogens with one attached hydrogen (secondary N) is 1. The van der Waals surface area contributed by atoms with E-state index < -0.39 is 0 Å². The van der Waals surface area contributed by atoms with Crippen LogP contribution in [0.25, 0.3) is 0 Å². The normalized spacial score (nSPS) is 16.0. The highest BCUT2D eigenvalue weighted by Crippen LogP contribution is 2.35. The lowest BCUT2D eigenvalue weighted by Crippen LogP contribution is -2.17. The molecular weight excluding hydrogens is 284 g/mol. The zero-order valence-electron chi connectivity index (χ0n) is 13.9. The molecule has 0 aliphatic heterocycles. The van der Waals surface area contributed by atoms with Crippen molar-refractivity contribution < 1.29 is 4.79 Å². The standard InChI is InChI=1S/C20H24N2O/c1-3-22(2)18-9-6-8-17(14-18)21-20(23)13-16-12-11-15-7-4-5-10-19(15)16/h4-10,14,16H,3,11-13H2,1-2H3,(H,21,23). The molecule has 1 atom stereocenters. The molecule has 1 aliphatic carbocycles. The van der Waals surface area contributed by atoms with Crippen LogP contribution in [0.1, 0.15) is 36.8 Å². The van der Waals surface area contributed by atoms with Crippen LogP contribution in [0.15, 0.2) is 48.5 Å². The Labute approximate surface area is 138 Å². The van der Waals surface area contributed by atoms with Gasteiger partial charge in [-0.15, -0.1) is 0 Å². The Morgan fingerprint density at radius 3 is 2.87 bits per heavy atom. The van der Waals surface area contributed by atoms with Crippen molar-refractivity contribution >= 4 is 17.3 Å². The molecule has 0 radical (unpaired) electrons. The number of aryl methyl sites for hydroxylation is 1. The highest BCUT2D eigenvalue weighted by Gasteiger charge is 2.24. The van der Waals surface area contributed by atoms with Crippen LogP contribution in [0.3, 0.4) is 0 Å². The maximum Gasteiger partial charge on any atom is 0.224 e. The number of carbonyl (C=O) groups is 1. The molecule has 0 saturated heterocycles. The minimum absolute atomic E-state index is 0.100. The molecule has 120 valence electrons. The van der Waals surface area contributed by atoms with E-state index in [4.69, 9.17) is 0 Å². The first-order chi connectivity index (χ1) is 11.2. The number of hydrogen-bond donors (Lipinski definition) is 1. The van der Waals surface area contributed by atoms with Gasteiger partial charge in [0, 0.05) is 31.4 Å². The van der Waals surface area contributed by atoms with Gasteiger partial charge in [-0.05, 0) is 55.0 Å². The van der Waals surface area contributed by atoms with Crippen molar-refractivity contribution in [2.75, 3.05) is 23.8 Å². The van der Waals surface area contributed by atoms with Gasteiger partial charge >= 0.3 is 0 Å². The summed E-state index contributed by atoms with van der Waals surface area (Å²) in [7, 11) is 2.05. The molecule has 1 amide bonds. The van der Waals surface area contributed by atoms with E-state index in [0.717, 1.165) is 30.8 Å². The topological polar surface area (TPSA) is 32.3 Å². The minimum atomic E-state index is 0.100. The summed E-state index contributed by atoms with van der Waals surface area (Å²) in [5.74, 6) is 0.454. The number of benzene rings is 2. The summed E-state index contributed by atoms with van der Waals surface area (Å²) in [6, 6.07) is 16.5. The molecule has 0 saturated carbocycles. The average Bonchev–Trinajstić information content (AvgIpc) is 2.97. The molecule has 3 rings (SSSR count). The number of anilines is 2. The van der Waals surface area contributed by atoms with Gasteiger partial charge in [-0.25, -0.2) is 0 Å². The van der Waals surface area contributed by atoms with Gasteiger partial charge < -0.3 is 10.2 Å². The van der Waals surface area contributed by atoms with E-state index in [-0.39, 0.29) is 5.91 Å². The van der Waals surface area contributed by atoms with E-state index in [1.165, 1.54) is 11.1 Å². The van der Waals surface area contributed by atoms with Crippen molar-refractivity contribution in [2.24, 2.45) is 0 Å². The van der Waals surface area contributed by atoms with Crippen LogP contribution in [0, 0.1) is 0 Å². The molecule has 0 heterocycles. The van der Waals surface area contributed by atoms with Crippen LogP contribution in [-0.4, -0.2) is 19.5 Å². The summed E-state index contributed by atoms with van der Waals surface area (Å²) < 4.78 is 0. The fraction of sp³-hybridized carbons (Fsp3) is 0.350. The molecule has 0 bridgehead atoms. The summed E-state index contributed by atoms with van der Waals surface area (Å²) in [6.07, 6.45) is 2.72. The predicted molar refractivity (Wildman–Crippen MR) is 96.1 cm³/mol. The molecule has 0 fully saturated rings. The van der Waals surface area contributed by atoms with Gasteiger partial charge in [0.05, 0.1) is 0 Å². The second kappa shape index (κ2) is 6.86. The molecule has 3 nitrogen and oxygen atoms in total. The Morgan fingerprint density at radius 2 is 2.04 bits per heavy atom. The van der Waals surface area contributed by atoms with E-state index in [2.05, 4.69) is 54.5 Å². The van der Waals surface area contributed by atoms with E-state index in [0.29, 0.717) is 12.3 Å². The first kappa shape index (κ1) is 15.6. The number of amides is 1. The van der Waals surface area contributed by atoms with E-state index in [1.54, 1.807) is 0 Å². The molecule has 2 aromatic rings. The molecule has 1 N–H and O–H groups in total. The Balaban J connectivity index is 1.64. The first-order valence-electron chi connectivity index (χ1n) is 8.36. The fourth-order valence-electron chi connectivity index (χ4n) is 3.30. The molecule has 23 heavy (non-hydrogen) atoms. The molecule has 0 spiro atoms. The number of nitrogens with zero attached hydrogens (tertiary/aromatic N) is 1. The minimum Gasteiger partial charge on any atom is -0.375 e. The van der Waals surface area contributed by atoms with Gasteiger partial charge in [-0.1, -0.05) is 30.3 Å². The van der Waals surface area contributed by atoms with Crippen LogP contribution < -0.4 is 10.2 Å². The maximum atomic E-state index is 12.4. The quantitative estimate of drug-likeness (QED) is 0.897. The van der Waals surface area contributed by atoms with Gasteiger partial charge in [-0.3, -0.25) is 4.79 Å². The van der Waals surface area contributed by atoms with Gasteiger partial charge in [0.2, 0.25) is 5.91 Å². The third-order valence-electron chi connectivity index (χ3n) is 4.73. The van der Waals surface area contributed by atoms with Crippen molar-refractivity contribution in [1.82, 2.24) is 0 Å². The number of fused-ring (bicyclic) bond motifs is 1. The van der Waals surface area contributed by atoms with Gasteiger partial charge in [0.25, 0.3) is 0 Å². The summed E-state index contributed by atoms with van der Waals surface area (Å²) in [6.45, 7) is 3.05. The predicted octanol–water partition coefficient (Wildman–Crippen LogP) is 4.20. The zero-order chi connectivity index (χ0) is 16.2. The van der Waals surface area contributed by atoms with Crippen molar-refractivity contribution in [3.05, 3.63) is 59.7 Å². The Bertz CT molecular complexity index is 696. The second-order valence-electron chi connectivity index (χ2n) is 6.25. The van der Waals surface area contributed by atoms with Gasteiger partial charge in [-0.2, -0.15) is 0 Å². The fourth-order valence-corrected chi connectivity index (χ4v) is 3.30. The smallest absolute Gasteiger partial charge is 0.224 e. The highest BCUT2D eigenvalue weighted by molar-refractivity contribution is 5.91. The SMILES string of the molecule is CCN(C)c1cccc(NC(=O)CC2CCc3ccccc32)c1. The zero-order valence-corrected chi connectivity index (χ0v) is 13.9. The Hall–Kier alpha value is -2.29.